The summed E-state index contributed by atoms with van der Waals surface area (Å²) in [4.78, 5) is 17.9. The van der Waals surface area contributed by atoms with E-state index in [4.69, 9.17) is 16.3 Å². The summed E-state index contributed by atoms with van der Waals surface area (Å²) in [5.41, 5.74) is 2.87. The van der Waals surface area contributed by atoms with E-state index in [0.29, 0.717) is 18.2 Å². The molecule has 0 unspecified atom stereocenters. The third kappa shape index (κ3) is 8.82. The van der Waals surface area contributed by atoms with Crippen LogP contribution in [0.5, 0.6) is 5.75 Å². The minimum atomic E-state index is -0.486. The van der Waals surface area contributed by atoms with Gasteiger partial charge in [0, 0.05) is 22.5 Å². The molecule has 1 heterocycles. The van der Waals surface area contributed by atoms with Crippen LogP contribution in [0.2, 0.25) is 5.02 Å². The van der Waals surface area contributed by atoms with Gasteiger partial charge in [0.1, 0.15) is 17.4 Å². The molecule has 36 heavy (non-hydrogen) atoms. The second-order valence-corrected chi connectivity index (χ2v) is 10.2. The van der Waals surface area contributed by atoms with Gasteiger partial charge in [0.2, 0.25) is 0 Å². The predicted octanol–water partition coefficient (Wildman–Crippen LogP) is 7.98. The molecule has 0 radical (unpaired) electrons. The Balaban J connectivity index is 1.51. The lowest BCUT2D eigenvalue weighted by molar-refractivity contribution is -0.112. The second-order valence-electron chi connectivity index (χ2n) is 8.70. The summed E-state index contributed by atoms with van der Waals surface area (Å²) in [6.07, 6.45) is 11.3. The maximum atomic E-state index is 12.7. The minimum absolute atomic E-state index is 0.0119. The van der Waals surface area contributed by atoms with Gasteiger partial charge in [-0.05, 0) is 54.3 Å². The summed E-state index contributed by atoms with van der Waals surface area (Å²) >= 11 is 7.59. The molecule has 0 saturated carbocycles. The number of nitrogens with zero attached hydrogens (tertiary/aromatic N) is 2. The number of anilines is 1. The van der Waals surface area contributed by atoms with E-state index >= 15 is 0 Å². The number of aryl methyl sites for hydroxylation is 1. The molecule has 3 aromatic rings. The fraction of sp³-hybridized carbons (Fsp3) is 0.345. The summed E-state index contributed by atoms with van der Waals surface area (Å²) < 4.78 is 5.80. The normalized spacial score (nSPS) is 11.2. The number of benzene rings is 2. The van der Waals surface area contributed by atoms with Gasteiger partial charge in [0.25, 0.3) is 5.91 Å². The summed E-state index contributed by atoms with van der Waals surface area (Å²) in [6.45, 7) is 4.88. The lowest BCUT2D eigenvalue weighted by Gasteiger charge is -2.06. The van der Waals surface area contributed by atoms with Gasteiger partial charge in [-0.15, -0.1) is 11.3 Å². The molecule has 0 atom stereocenters. The second kappa shape index (κ2) is 14.4. The number of carbonyl (C=O) groups excluding carboxylic acids is 1. The minimum Gasteiger partial charge on any atom is -0.494 e. The third-order valence-electron chi connectivity index (χ3n) is 5.71. The van der Waals surface area contributed by atoms with Gasteiger partial charge in [-0.1, -0.05) is 74.9 Å². The summed E-state index contributed by atoms with van der Waals surface area (Å²) in [6, 6.07) is 15.3. The van der Waals surface area contributed by atoms with Gasteiger partial charge in [-0.2, -0.15) is 5.26 Å². The van der Waals surface area contributed by atoms with Crippen LogP contribution in [0.15, 0.2) is 54.2 Å². The number of thiazole rings is 1. The van der Waals surface area contributed by atoms with E-state index in [9.17, 15) is 10.1 Å². The molecule has 1 amide bonds. The number of rotatable bonds is 13. The van der Waals surface area contributed by atoms with Gasteiger partial charge in [0.15, 0.2) is 5.13 Å². The molecule has 7 heteroatoms. The van der Waals surface area contributed by atoms with Crippen LogP contribution in [0.1, 0.15) is 67.0 Å². The fourth-order valence-electron chi connectivity index (χ4n) is 3.61. The van der Waals surface area contributed by atoms with E-state index in [2.05, 4.69) is 17.2 Å². The van der Waals surface area contributed by atoms with E-state index in [1.807, 2.05) is 55.5 Å². The van der Waals surface area contributed by atoms with Gasteiger partial charge in [-0.3, -0.25) is 10.1 Å². The monoisotopic (exact) mass is 521 g/mol. The van der Waals surface area contributed by atoms with Crippen molar-refractivity contribution in [2.24, 2.45) is 0 Å². The summed E-state index contributed by atoms with van der Waals surface area (Å²) in [5, 5.41) is 13.4. The first kappa shape index (κ1) is 27.4. The lowest BCUT2D eigenvalue weighted by atomic mass is 10.1. The highest BCUT2D eigenvalue weighted by molar-refractivity contribution is 7.15. The van der Waals surface area contributed by atoms with Gasteiger partial charge in [0.05, 0.1) is 6.61 Å². The Morgan fingerprint density at radius 2 is 1.89 bits per heavy atom. The number of hydrogen-bond donors (Lipinski definition) is 1. The number of amides is 1. The van der Waals surface area contributed by atoms with Crippen LogP contribution in [0.3, 0.4) is 0 Å². The smallest absolute Gasteiger partial charge is 0.268 e. The first-order valence-corrected chi connectivity index (χ1v) is 13.5. The Kier molecular flexibility index (Phi) is 11.0. The molecule has 188 valence electrons. The number of aromatic nitrogens is 1. The van der Waals surface area contributed by atoms with Crippen LogP contribution in [0.25, 0.3) is 6.08 Å². The molecule has 0 bridgehead atoms. The molecule has 0 aliphatic heterocycles. The molecule has 2 aromatic carbocycles. The molecular weight excluding hydrogens is 490 g/mol. The van der Waals surface area contributed by atoms with Crippen molar-refractivity contribution in [2.45, 2.75) is 58.8 Å². The Morgan fingerprint density at radius 3 is 2.61 bits per heavy atom. The predicted molar refractivity (Wildman–Crippen MR) is 149 cm³/mol. The van der Waals surface area contributed by atoms with E-state index < -0.39 is 5.91 Å². The average Bonchev–Trinajstić information content (AvgIpc) is 3.31. The number of halogens is 1. The standard InChI is InChI=1S/C29H32ClN3O2S/c1-3-4-5-6-7-8-15-35-25-13-11-22(12-14-25)16-24(19-31)28(34)33-29-32-20-26(36-29)17-23-10-9-21(2)27(30)18-23/h9-14,16,18,20H,3-8,15,17H2,1-2H3,(H,32,33,34)/b24-16+. The molecule has 3 rings (SSSR count). The highest BCUT2D eigenvalue weighted by atomic mass is 35.5. The SMILES string of the molecule is CCCCCCCCOc1ccc(/C=C(\C#N)C(=O)Nc2ncc(Cc3ccc(C)c(Cl)c3)s2)cc1. The van der Waals surface area contributed by atoms with Crippen molar-refractivity contribution >= 4 is 40.1 Å². The first-order chi connectivity index (χ1) is 17.5. The summed E-state index contributed by atoms with van der Waals surface area (Å²) in [5.74, 6) is 0.300. The molecule has 0 spiro atoms. The van der Waals surface area contributed by atoms with Gasteiger partial charge >= 0.3 is 0 Å². The van der Waals surface area contributed by atoms with E-state index in [1.165, 1.54) is 43.4 Å². The number of unbranched alkanes of at least 4 members (excludes halogenated alkanes) is 5. The zero-order valence-electron chi connectivity index (χ0n) is 20.9. The maximum absolute atomic E-state index is 12.7. The van der Waals surface area contributed by atoms with Crippen LogP contribution in [-0.2, 0) is 11.2 Å². The van der Waals surface area contributed by atoms with Gasteiger partial charge in [-0.25, -0.2) is 4.98 Å². The van der Waals surface area contributed by atoms with Crippen LogP contribution >= 0.6 is 22.9 Å². The van der Waals surface area contributed by atoms with Crippen molar-refractivity contribution in [3.63, 3.8) is 0 Å². The van der Waals surface area contributed by atoms with Crippen molar-refractivity contribution in [1.82, 2.24) is 4.98 Å². The van der Waals surface area contributed by atoms with Crippen molar-refractivity contribution in [3.05, 3.63) is 80.8 Å². The molecule has 1 N–H and O–H groups in total. The number of hydrogen-bond acceptors (Lipinski definition) is 5. The Hall–Kier alpha value is -3.14. The van der Waals surface area contributed by atoms with E-state index in [1.54, 1.807) is 12.3 Å². The molecule has 1 aromatic heterocycles. The summed E-state index contributed by atoms with van der Waals surface area (Å²) in [7, 11) is 0. The van der Waals surface area contributed by atoms with Crippen molar-refractivity contribution in [1.29, 1.82) is 5.26 Å². The van der Waals surface area contributed by atoms with Crippen LogP contribution in [0.4, 0.5) is 5.13 Å². The van der Waals surface area contributed by atoms with Crippen molar-refractivity contribution in [3.8, 4) is 11.8 Å². The molecule has 0 aliphatic rings. The van der Waals surface area contributed by atoms with E-state index in [0.717, 1.165) is 38.8 Å². The molecule has 0 saturated heterocycles. The van der Waals surface area contributed by atoms with Crippen LogP contribution in [0, 0.1) is 18.3 Å². The zero-order chi connectivity index (χ0) is 25.8. The van der Waals surface area contributed by atoms with Crippen molar-refractivity contribution < 1.29 is 9.53 Å². The Labute approximate surface area is 222 Å². The molecular formula is C29H32ClN3O2S. The quantitative estimate of drug-likeness (QED) is 0.140. The fourth-order valence-corrected chi connectivity index (χ4v) is 4.65. The average molecular weight is 522 g/mol. The number of nitriles is 1. The van der Waals surface area contributed by atoms with E-state index in [-0.39, 0.29) is 5.57 Å². The number of carbonyl (C=O) groups is 1. The van der Waals surface area contributed by atoms with Gasteiger partial charge < -0.3 is 4.74 Å². The third-order valence-corrected chi connectivity index (χ3v) is 7.03. The number of nitrogens with one attached hydrogen (secondary N) is 1. The first-order valence-electron chi connectivity index (χ1n) is 12.3. The molecule has 5 nitrogen and oxygen atoms in total. The number of ether oxygens (including phenoxy) is 1. The highest BCUT2D eigenvalue weighted by Gasteiger charge is 2.13. The van der Waals surface area contributed by atoms with Crippen molar-refractivity contribution in [2.75, 3.05) is 11.9 Å². The largest absolute Gasteiger partial charge is 0.494 e. The Morgan fingerprint density at radius 1 is 1.14 bits per heavy atom. The Bertz CT molecular complexity index is 1210. The molecule has 0 aliphatic carbocycles. The maximum Gasteiger partial charge on any atom is 0.268 e. The lowest BCUT2D eigenvalue weighted by Crippen LogP contribution is -2.13. The van der Waals surface area contributed by atoms with Crippen LogP contribution in [-0.4, -0.2) is 17.5 Å². The molecule has 0 fully saturated rings. The highest BCUT2D eigenvalue weighted by Crippen LogP contribution is 2.24. The topological polar surface area (TPSA) is 75.0 Å². The van der Waals surface area contributed by atoms with Crippen LogP contribution < -0.4 is 10.1 Å². The zero-order valence-corrected chi connectivity index (χ0v) is 22.4.